The minimum Gasteiger partial charge on any atom is -0.399 e. The smallest absolute Gasteiger partial charge is 0.399 e. The third-order valence-electron chi connectivity index (χ3n) is 3.06. The Kier molecular flexibility index (Phi) is 3.99. The van der Waals surface area contributed by atoms with Crippen LogP contribution in [0.1, 0.15) is 22.7 Å². The summed E-state index contributed by atoms with van der Waals surface area (Å²) in [5, 5.41) is 0. The Morgan fingerprint density at radius 3 is 2.00 bits per heavy atom. The lowest BCUT2D eigenvalue weighted by atomic mass is 9.98. The minimum atomic E-state index is -4.34. The number of benzene rings is 2. The zero-order valence-electron chi connectivity index (χ0n) is 10.6. The first-order chi connectivity index (χ1) is 9.36. The van der Waals surface area contributed by atoms with E-state index in [0.717, 1.165) is 17.7 Å². The zero-order chi connectivity index (χ0) is 14.8. The molecule has 20 heavy (non-hydrogen) atoms. The van der Waals surface area contributed by atoms with Crippen molar-refractivity contribution < 1.29 is 13.2 Å². The second-order valence-electron chi connectivity index (χ2n) is 4.62. The van der Waals surface area contributed by atoms with Crippen LogP contribution in [-0.2, 0) is 12.6 Å². The first-order valence-corrected chi connectivity index (χ1v) is 6.09. The fraction of sp³-hybridized carbons (Fsp3) is 0.200. The first kappa shape index (κ1) is 14.4. The molecule has 0 fully saturated rings. The number of nitrogen functional groups attached to an aromatic ring is 1. The molecule has 0 spiro atoms. The maximum Gasteiger partial charge on any atom is 0.416 e. The quantitative estimate of drug-likeness (QED) is 0.852. The molecule has 0 aromatic heterocycles. The van der Waals surface area contributed by atoms with E-state index in [2.05, 4.69) is 0 Å². The summed E-state index contributed by atoms with van der Waals surface area (Å²) in [6, 6.07) is 11.3. The molecule has 1 radical (unpaired) electrons. The first-order valence-electron chi connectivity index (χ1n) is 6.09. The van der Waals surface area contributed by atoms with Crippen molar-refractivity contribution in [2.75, 3.05) is 5.73 Å². The van der Waals surface area contributed by atoms with Crippen molar-refractivity contribution in [3.8, 4) is 0 Å². The molecule has 0 amide bonds. The number of rotatable bonds is 3. The van der Waals surface area contributed by atoms with Gasteiger partial charge in [0.15, 0.2) is 0 Å². The summed E-state index contributed by atoms with van der Waals surface area (Å²) < 4.78 is 37.3. The molecule has 0 heterocycles. The molecule has 2 rings (SSSR count). The van der Waals surface area contributed by atoms with Crippen LogP contribution in [0.4, 0.5) is 18.9 Å². The van der Waals surface area contributed by atoms with Crippen LogP contribution < -0.4 is 11.5 Å². The van der Waals surface area contributed by atoms with E-state index in [4.69, 9.17) is 11.5 Å². The van der Waals surface area contributed by atoms with Crippen molar-refractivity contribution in [3.63, 3.8) is 0 Å². The number of halogens is 3. The fourth-order valence-electron chi connectivity index (χ4n) is 1.91. The molecule has 3 N–H and O–H groups in total. The Labute approximate surface area is 115 Å². The highest BCUT2D eigenvalue weighted by Crippen LogP contribution is 2.30. The Morgan fingerprint density at radius 2 is 1.50 bits per heavy atom. The monoisotopic (exact) mass is 279 g/mol. The van der Waals surface area contributed by atoms with Crippen LogP contribution in [0.15, 0.2) is 48.5 Å². The van der Waals surface area contributed by atoms with Crippen LogP contribution in [0.5, 0.6) is 0 Å². The SMILES string of the molecule is [NH]C(Cc1ccc(N)cc1)c1ccc(C(F)(F)F)cc1. The lowest BCUT2D eigenvalue weighted by Gasteiger charge is -2.13. The summed E-state index contributed by atoms with van der Waals surface area (Å²) in [5.74, 6) is 0. The average molecular weight is 279 g/mol. The van der Waals surface area contributed by atoms with Gasteiger partial charge in [-0.1, -0.05) is 24.3 Å². The fourth-order valence-corrected chi connectivity index (χ4v) is 1.91. The number of anilines is 1. The van der Waals surface area contributed by atoms with E-state index < -0.39 is 17.8 Å². The number of nitrogens with two attached hydrogens (primary N) is 1. The Hall–Kier alpha value is -2.01. The van der Waals surface area contributed by atoms with Gasteiger partial charge >= 0.3 is 6.18 Å². The molecule has 0 aliphatic rings. The zero-order valence-corrected chi connectivity index (χ0v) is 10.6. The highest BCUT2D eigenvalue weighted by molar-refractivity contribution is 5.39. The summed E-state index contributed by atoms with van der Waals surface area (Å²) in [4.78, 5) is 0. The second kappa shape index (κ2) is 5.54. The van der Waals surface area contributed by atoms with Crippen molar-refractivity contribution >= 4 is 5.69 Å². The van der Waals surface area contributed by atoms with Gasteiger partial charge in [0, 0.05) is 5.69 Å². The van der Waals surface area contributed by atoms with Gasteiger partial charge in [0.1, 0.15) is 0 Å². The topological polar surface area (TPSA) is 49.8 Å². The number of hydrogen-bond donors (Lipinski definition) is 1. The van der Waals surface area contributed by atoms with Crippen LogP contribution in [-0.4, -0.2) is 0 Å². The summed E-state index contributed by atoms with van der Waals surface area (Å²) in [5.41, 5.74) is 15.0. The molecule has 0 bridgehead atoms. The average Bonchev–Trinajstić information content (AvgIpc) is 2.40. The second-order valence-corrected chi connectivity index (χ2v) is 4.62. The highest BCUT2D eigenvalue weighted by Gasteiger charge is 2.30. The normalized spacial score (nSPS) is 13.2. The molecular formula is C15H14F3N2. The molecule has 1 unspecified atom stereocenters. The van der Waals surface area contributed by atoms with E-state index >= 15 is 0 Å². The molecule has 2 aromatic rings. The van der Waals surface area contributed by atoms with Crippen LogP contribution in [0.2, 0.25) is 0 Å². The van der Waals surface area contributed by atoms with E-state index in [-0.39, 0.29) is 0 Å². The van der Waals surface area contributed by atoms with Gasteiger partial charge < -0.3 is 5.73 Å². The van der Waals surface area contributed by atoms with Crippen LogP contribution >= 0.6 is 0 Å². The van der Waals surface area contributed by atoms with Crippen molar-refractivity contribution in [1.82, 2.24) is 5.73 Å². The van der Waals surface area contributed by atoms with E-state index in [1.165, 1.54) is 12.1 Å². The predicted octanol–water partition coefficient (Wildman–Crippen LogP) is 3.85. The van der Waals surface area contributed by atoms with E-state index in [1.54, 1.807) is 12.1 Å². The van der Waals surface area contributed by atoms with Crippen molar-refractivity contribution in [2.24, 2.45) is 0 Å². The van der Waals surface area contributed by atoms with E-state index in [0.29, 0.717) is 17.7 Å². The van der Waals surface area contributed by atoms with Gasteiger partial charge in [-0.05, 0) is 41.8 Å². The van der Waals surface area contributed by atoms with Gasteiger partial charge in [0.2, 0.25) is 0 Å². The van der Waals surface area contributed by atoms with Crippen molar-refractivity contribution in [1.29, 1.82) is 0 Å². The largest absolute Gasteiger partial charge is 0.416 e. The number of hydrogen-bond acceptors (Lipinski definition) is 1. The summed E-state index contributed by atoms with van der Waals surface area (Å²) in [6.07, 6.45) is -3.90. The summed E-state index contributed by atoms with van der Waals surface area (Å²) in [7, 11) is 0. The highest BCUT2D eigenvalue weighted by atomic mass is 19.4. The predicted molar refractivity (Wildman–Crippen MR) is 71.8 cm³/mol. The van der Waals surface area contributed by atoms with Gasteiger partial charge in [0.25, 0.3) is 0 Å². The molecule has 0 saturated heterocycles. The standard InChI is InChI=1S/C15H14F3N2/c16-15(17,18)12-5-3-11(4-6-12)14(20)9-10-1-7-13(19)8-2-10/h1-8,14,20H,9,19H2. The van der Waals surface area contributed by atoms with E-state index in [9.17, 15) is 13.2 Å². The molecule has 0 saturated carbocycles. The van der Waals surface area contributed by atoms with Crippen molar-refractivity contribution in [2.45, 2.75) is 18.6 Å². The van der Waals surface area contributed by atoms with Gasteiger partial charge in [-0.2, -0.15) is 13.2 Å². The summed E-state index contributed by atoms with van der Waals surface area (Å²) >= 11 is 0. The molecular weight excluding hydrogens is 265 g/mol. The molecule has 0 aliphatic carbocycles. The summed E-state index contributed by atoms with van der Waals surface area (Å²) in [6.45, 7) is 0. The Bertz CT molecular complexity index is 559. The van der Waals surface area contributed by atoms with Gasteiger partial charge in [-0.25, -0.2) is 5.73 Å². The van der Waals surface area contributed by atoms with Crippen molar-refractivity contribution in [3.05, 3.63) is 65.2 Å². The molecule has 2 aromatic carbocycles. The Balaban J connectivity index is 2.09. The maximum atomic E-state index is 12.4. The van der Waals surface area contributed by atoms with E-state index in [1.807, 2.05) is 12.1 Å². The third-order valence-corrected chi connectivity index (χ3v) is 3.06. The third kappa shape index (κ3) is 3.51. The number of nitrogens with one attached hydrogen (secondary N) is 1. The van der Waals surface area contributed by atoms with Gasteiger partial charge in [-0.15, -0.1) is 0 Å². The molecule has 105 valence electrons. The Morgan fingerprint density at radius 1 is 0.950 bits per heavy atom. The van der Waals surface area contributed by atoms with Crippen LogP contribution in [0, 0.1) is 0 Å². The van der Waals surface area contributed by atoms with Gasteiger partial charge in [-0.3, -0.25) is 0 Å². The van der Waals surface area contributed by atoms with Crippen LogP contribution in [0.3, 0.4) is 0 Å². The number of alkyl halides is 3. The minimum absolute atomic E-state index is 0.436. The van der Waals surface area contributed by atoms with Gasteiger partial charge in [0.05, 0.1) is 11.6 Å². The molecule has 5 heteroatoms. The molecule has 0 aliphatic heterocycles. The van der Waals surface area contributed by atoms with Crippen LogP contribution in [0.25, 0.3) is 0 Å². The lowest BCUT2D eigenvalue weighted by Crippen LogP contribution is -2.07. The maximum absolute atomic E-state index is 12.4. The lowest BCUT2D eigenvalue weighted by molar-refractivity contribution is -0.137. The molecule has 1 atom stereocenters. The molecule has 2 nitrogen and oxygen atoms in total.